The molecule has 0 bridgehead atoms. The number of hydrogen-bond donors (Lipinski definition) is 3. The van der Waals surface area contributed by atoms with E-state index in [1.165, 1.54) is 0 Å². The summed E-state index contributed by atoms with van der Waals surface area (Å²) in [5, 5.41) is 2.96. The number of nitrogens with one attached hydrogen (secondary N) is 2. The summed E-state index contributed by atoms with van der Waals surface area (Å²) in [7, 11) is 0. The molecule has 5 nitrogen and oxygen atoms in total. The number of thioether (sulfide) groups is 1. The molecule has 0 aliphatic carbocycles. The fourth-order valence-corrected chi connectivity index (χ4v) is 2.52. The average Bonchev–Trinajstić information content (AvgIpc) is 2.43. The van der Waals surface area contributed by atoms with Crippen LogP contribution in [0.25, 0.3) is 0 Å². The lowest BCUT2D eigenvalue weighted by molar-refractivity contribution is 0.0949. The molecule has 0 saturated carbocycles. The first kappa shape index (κ1) is 17.8. The summed E-state index contributed by atoms with van der Waals surface area (Å²) in [5.41, 5.74) is 3.80. The molecule has 0 spiro atoms. The van der Waals surface area contributed by atoms with Crippen LogP contribution in [0.1, 0.15) is 43.7 Å². The SMILES string of the molecule is CSCC(C)CNC(=O)c1cc(NN)nc(C(C)(C)C)c1. The molecule has 0 fully saturated rings. The number of anilines is 1. The van der Waals surface area contributed by atoms with Crippen LogP contribution in [0.2, 0.25) is 0 Å². The minimum atomic E-state index is -0.145. The first-order valence-corrected chi connectivity index (χ1v) is 8.43. The van der Waals surface area contributed by atoms with Gasteiger partial charge in [0.05, 0.1) is 0 Å². The number of carbonyl (C=O) groups is 1. The van der Waals surface area contributed by atoms with Crippen LogP contribution in [0.4, 0.5) is 5.82 Å². The molecule has 6 heteroatoms. The van der Waals surface area contributed by atoms with E-state index in [1.807, 2.05) is 6.07 Å². The molecular weight excluding hydrogens is 284 g/mol. The van der Waals surface area contributed by atoms with Crippen molar-refractivity contribution < 1.29 is 4.79 Å². The number of nitrogens with two attached hydrogens (primary N) is 1. The molecule has 0 aliphatic heterocycles. The highest BCUT2D eigenvalue weighted by Crippen LogP contribution is 2.23. The highest BCUT2D eigenvalue weighted by Gasteiger charge is 2.19. The third kappa shape index (κ3) is 5.55. The highest BCUT2D eigenvalue weighted by atomic mass is 32.2. The Balaban J connectivity index is 2.88. The van der Waals surface area contributed by atoms with E-state index in [0.717, 1.165) is 11.4 Å². The van der Waals surface area contributed by atoms with Crippen molar-refractivity contribution in [1.29, 1.82) is 0 Å². The van der Waals surface area contributed by atoms with Gasteiger partial charge in [0.2, 0.25) is 0 Å². The van der Waals surface area contributed by atoms with Crippen molar-refractivity contribution in [3.05, 3.63) is 23.4 Å². The van der Waals surface area contributed by atoms with Gasteiger partial charge < -0.3 is 10.7 Å². The monoisotopic (exact) mass is 310 g/mol. The number of hydrogen-bond acceptors (Lipinski definition) is 5. The molecule has 0 radical (unpaired) electrons. The molecule has 1 atom stereocenters. The van der Waals surface area contributed by atoms with Crippen molar-refractivity contribution in [3.63, 3.8) is 0 Å². The Hall–Kier alpha value is -1.27. The van der Waals surface area contributed by atoms with Gasteiger partial charge in [-0.3, -0.25) is 4.79 Å². The number of nitrogen functional groups attached to an aromatic ring is 1. The summed E-state index contributed by atoms with van der Waals surface area (Å²) in [6.45, 7) is 8.95. The molecule has 1 unspecified atom stereocenters. The Bertz CT molecular complexity index is 485. The second-order valence-corrected chi connectivity index (χ2v) is 7.20. The van der Waals surface area contributed by atoms with Crippen molar-refractivity contribution in [3.8, 4) is 0 Å². The summed E-state index contributed by atoms with van der Waals surface area (Å²) in [6, 6.07) is 3.50. The fourth-order valence-electron chi connectivity index (χ4n) is 1.83. The quantitative estimate of drug-likeness (QED) is 0.555. The van der Waals surface area contributed by atoms with Crippen LogP contribution in [0.5, 0.6) is 0 Å². The van der Waals surface area contributed by atoms with Crippen LogP contribution in [0, 0.1) is 5.92 Å². The predicted octanol–water partition coefficient (Wildman–Crippen LogP) is 2.39. The molecule has 1 aromatic rings. The molecule has 1 heterocycles. The van der Waals surface area contributed by atoms with Gasteiger partial charge >= 0.3 is 0 Å². The Morgan fingerprint density at radius 1 is 1.43 bits per heavy atom. The van der Waals surface area contributed by atoms with Gasteiger partial charge in [-0.2, -0.15) is 11.8 Å². The molecular formula is C15H26N4OS. The van der Waals surface area contributed by atoms with E-state index in [1.54, 1.807) is 17.8 Å². The van der Waals surface area contributed by atoms with Crippen molar-refractivity contribution in [2.75, 3.05) is 24.0 Å². The molecule has 1 aromatic heterocycles. The molecule has 118 valence electrons. The Morgan fingerprint density at radius 2 is 2.10 bits per heavy atom. The number of rotatable bonds is 6. The average molecular weight is 310 g/mol. The second kappa shape index (κ2) is 7.66. The molecule has 1 rings (SSSR count). The van der Waals surface area contributed by atoms with Gasteiger partial charge in [-0.25, -0.2) is 10.8 Å². The molecule has 4 N–H and O–H groups in total. The van der Waals surface area contributed by atoms with Gasteiger partial charge in [0.1, 0.15) is 5.82 Å². The predicted molar refractivity (Wildman–Crippen MR) is 90.6 cm³/mol. The lowest BCUT2D eigenvalue weighted by Crippen LogP contribution is -2.30. The number of nitrogens with zero attached hydrogens (tertiary/aromatic N) is 1. The highest BCUT2D eigenvalue weighted by molar-refractivity contribution is 7.98. The topological polar surface area (TPSA) is 80.0 Å². The van der Waals surface area contributed by atoms with Crippen molar-refractivity contribution in [2.24, 2.45) is 11.8 Å². The molecule has 0 aromatic carbocycles. The van der Waals surface area contributed by atoms with Crippen molar-refractivity contribution in [2.45, 2.75) is 33.1 Å². The van der Waals surface area contributed by atoms with E-state index in [-0.39, 0.29) is 11.3 Å². The number of aromatic nitrogens is 1. The first-order valence-electron chi connectivity index (χ1n) is 7.04. The normalized spacial score (nSPS) is 12.9. The third-order valence-corrected chi connectivity index (χ3v) is 3.97. The number of carbonyl (C=O) groups excluding carboxylic acids is 1. The van der Waals surface area contributed by atoms with Gasteiger partial charge in [0.25, 0.3) is 5.91 Å². The standard InChI is InChI=1S/C15H26N4OS/c1-10(9-21-5)8-17-14(20)11-6-12(15(2,3)4)18-13(7-11)19-16/h6-7,10H,8-9,16H2,1-5H3,(H,17,20)(H,18,19). The van der Waals surface area contributed by atoms with Gasteiger partial charge in [-0.05, 0) is 30.1 Å². The smallest absolute Gasteiger partial charge is 0.251 e. The maximum Gasteiger partial charge on any atom is 0.251 e. The molecule has 1 amide bonds. The van der Waals surface area contributed by atoms with E-state index in [2.05, 4.69) is 49.7 Å². The van der Waals surface area contributed by atoms with Crippen LogP contribution in [0.3, 0.4) is 0 Å². The van der Waals surface area contributed by atoms with Gasteiger partial charge in [-0.15, -0.1) is 0 Å². The van der Waals surface area contributed by atoms with Crippen molar-refractivity contribution >= 4 is 23.5 Å². The maximum absolute atomic E-state index is 12.3. The second-order valence-electron chi connectivity index (χ2n) is 6.29. The lowest BCUT2D eigenvalue weighted by Gasteiger charge is -2.20. The number of hydrazine groups is 1. The van der Waals surface area contributed by atoms with Gasteiger partial charge in [0, 0.05) is 23.2 Å². The fraction of sp³-hybridized carbons (Fsp3) is 0.600. The Morgan fingerprint density at radius 3 is 2.62 bits per heavy atom. The van der Waals surface area contributed by atoms with E-state index < -0.39 is 0 Å². The van der Waals surface area contributed by atoms with E-state index in [9.17, 15) is 4.79 Å². The van der Waals surface area contributed by atoms with Crippen LogP contribution in [0.15, 0.2) is 12.1 Å². The zero-order chi connectivity index (χ0) is 16.0. The van der Waals surface area contributed by atoms with E-state index >= 15 is 0 Å². The first-order chi connectivity index (χ1) is 9.77. The van der Waals surface area contributed by atoms with Crippen LogP contribution >= 0.6 is 11.8 Å². The number of pyridine rings is 1. The summed E-state index contributed by atoms with van der Waals surface area (Å²) >= 11 is 1.78. The summed E-state index contributed by atoms with van der Waals surface area (Å²) in [4.78, 5) is 16.7. The van der Waals surface area contributed by atoms with Crippen LogP contribution < -0.4 is 16.6 Å². The minimum Gasteiger partial charge on any atom is -0.352 e. The molecule has 0 aliphatic rings. The van der Waals surface area contributed by atoms with E-state index in [4.69, 9.17) is 5.84 Å². The molecule has 0 saturated heterocycles. The minimum absolute atomic E-state index is 0.0904. The van der Waals surface area contributed by atoms with Gasteiger partial charge in [-0.1, -0.05) is 27.7 Å². The lowest BCUT2D eigenvalue weighted by atomic mass is 9.90. The van der Waals surface area contributed by atoms with Crippen LogP contribution in [-0.4, -0.2) is 29.4 Å². The molecule has 21 heavy (non-hydrogen) atoms. The van der Waals surface area contributed by atoms with Crippen LogP contribution in [-0.2, 0) is 5.41 Å². The third-order valence-electron chi connectivity index (χ3n) is 3.07. The van der Waals surface area contributed by atoms with Gasteiger partial charge in [0.15, 0.2) is 0 Å². The summed E-state index contributed by atoms with van der Waals surface area (Å²) in [5.74, 6) is 7.33. The Kier molecular flexibility index (Phi) is 6.48. The maximum atomic E-state index is 12.3. The zero-order valence-electron chi connectivity index (χ0n) is 13.5. The summed E-state index contributed by atoms with van der Waals surface area (Å²) < 4.78 is 0. The number of amides is 1. The zero-order valence-corrected chi connectivity index (χ0v) is 14.3. The Labute approximate surface area is 131 Å². The van der Waals surface area contributed by atoms with Crippen molar-refractivity contribution in [1.82, 2.24) is 10.3 Å². The van der Waals surface area contributed by atoms with E-state index in [0.29, 0.717) is 23.8 Å². The largest absolute Gasteiger partial charge is 0.352 e. The summed E-state index contributed by atoms with van der Waals surface area (Å²) in [6.07, 6.45) is 2.07.